The van der Waals surface area contributed by atoms with E-state index >= 15 is 0 Å². The molecule has 0 saturated heterocycles. The minimum atomic E-state index is 1.17. The molecule has 0 atom stereocenters. The first kappa shape index (κ1) is 35.5. The number of aromatic nitrogens is 3. The Hall–Kier alpha value is -7.96. The second kappa shape index (κ2) is 13.3. The molecule has 0 unspecified atom stereocenters. The molecule has 0 spiro atoms. The third kappa shape index (κ3) is 4.99. The summed E-state index contributed by atoms with van der Waals surface area (Å²) in [5.41, 5.74) is 13.3. The van der Waals surface area contributed by atoms with Crippen LogP contribution >= 0.6 is 22.7 Å². The molecule has 15 rings (SSSR count). The van der Waals surface area contributed by atoms with Crippen molar-refractivity contribution in [1.82, 2.24) is 13.7 Å². The molecule has 5 heterocycles. The molecule has 0 fully saturated rings. The molecule has 3 nitrogen and oxygen atoms in total. The van der Waals surface area contributed by atoms with E-state index in [1.165, 1.54) is 134 Å². The lowest BCUT2D eigenvalue weighted by molar-refractivity contribution is 1.18. The largest absolute Gasteiger partial charge is 0.309 e. The van der Waals surface area contributed by atoms with E-state index in [1.807, 2.05) is 22.7 Å². The highest BCUT2D eigenvalue weighted by Crippen LogP contribution is 2.46. The summed E-state index contributed by atoms with van der Waals surface area (Å²) >= 11 is 3.78. The molecule has 0 saturated carbocycles. The molecule has 15 aromatic rings. The van der Waals surface area contributed by atoms with E-state index in [0.29, 0.717) is 0 Å². The van der Waals surface area contributed by atoms with Crippen molar-refractivity contribution in [3.05, 3.63) is 212 Å². The summed E-state index contributed by atoms with van der Waals surface area (Å²) in [5.74, 6) is 0. The Balaban J connectivity index is 0.888. The predicted molar refractivity (Wildman–Crippen MR) is 281 cm³/mol. The first-order valence-corrected chi connectivity index (χ1v) is 23.8. The quantitative estimate of drug-likeness (QED) is 0.167. The van der Waals surface area contributed by atoms with Gasteiger partial charge in [-0.3, -0.25) is 0 Å². The maximum Gasteiger partial charge on any atom is 0.0555 e. The highest BCUT2D eigenvalue weighted by atomic mass is 32.1. The van der Waals surface area contributed by atoms with Crippen LogP contribution in [0.3, 0.4) is 0 Å². The van der Waals surface area contributed by atoms with Gasteiger partial charge in [0, 0.05) is 89.7 Å². The normalized spacial score (nSPS) is 12.3. The van der Waals surface area contributed by atoms with Gasteiger partial charge in [0.15, 0.2) is 0 Å². The summed E-state index contributed by atoms with van der Waals surface area (Å²) in [5, 5.41) is 12.9. The predicted octanol–water partition coefficient (Wildman–Crippen LogP) is 17.4. The third-order valence-electron chi connectivity index (χ3n) is 13.8. The first-order chi connectivity index (χ1) is 32.2. The minimum Gasteiger partial charge on any atom is -0.309 e. The van der Waals surface area contributed by atoms with Crippen LogP contribution in [-0.4, -0.2) is 13.7 Å². The Morgan fingerprint density at radius 2 is 0.708 bits per heavy atom. The number of hydrogen-bond acceptors (Lipinski definition) is 2. The average molecular weight is 862 g/mol. The number of thiophene rings is 2. The summed E-state index contributed by atoms with van der Waals surface area (Å²) in [6.07, 6.45) is 0. The number of hydrogen-bond donors (Lipinski definition) is 0. The van der Waals surface area contributed by atoms with Crippen molar-refractivity contribution in [2.24, 2.45) is 0 Å². The topological polar surface area (TPSA) is 14.8 Å². The van der Waals surface area contributed by atoms with E-state index in [9.17, 15) is 0 Å². The van der Waals surface area contributed by atoms with Crippen LogP contribution in [0.1, 0.15) is 0 Å². The summed E-state index contributed by atoms with van der Waals surface area (Å²) in [6.45, 7) is 0. The van der Waals surface area contributed by atoms with Crippen molar-refractivity contribution < 1.29 is 0 Å². The number of benzene rings is 10. The maximum absolute atomic E-state index is 2.47. The molecule has 0 amide bonds. The number of rotatable bonds is 4. The van der Waals surface area contributed by atoms with Crippen LogP contribution in [0.15, 0.2) is 212 Å². The Kier molecular flexibility index (Phi) is 7.26. The van der Waals surface area contributed by atoms with Crippen molar-refractivity contribution in [3.8, 4) is 28.2 Å². The third-order valence-corrected chi connectivity index (χ3v) is 16.2. The molecule has 65 heavy (non-hydrogen) atoms. The van der Waals surface area contributed by atoms with Gasteiger partial charge in [-0.2, -0.15) is 0 Å². The van der Waals surface area contributed by atoms with Gasteiger partial charge in [0.25, 0.3) is 0 Å². The van der Waals surface area contributed by atoms with Crippen molar-refractivity contribution in [2.75, 3.05) is 0 Å². The Morgan fingerprint density at radius 3 is 1.37 bits per heavy atom. The lowest BCUT2D eigenvalue weighted by Gasteiger charge is -2.10. The molecule has 0 aliphatic heterocycles. The summed E-state index contributed by atoms with van der Waals surface area (Å²) in [4.78, 5) is 0. The SMILES string of the molecule is c1ccc(-n2c3ccccc3c3cc(-c4ccc5c(c4)c4ccccc4n5-c4ccc5sc6c(ccc7c6c6ccccc6n7-c6ccc7sc8ccccc8c7c6)c5c4)ccc32)cc1. The molecule has 0 bridgehead atoms. The summed E-state index contributed by atoms with van der Waals surface area (Å²) < 4.78 is 12.6. The zero-order valence-corrected chi connectivity index (χ0v) is 36.5. The fourth-order valence-electron chi connectivity index (χ4n) is 11.0. The number of fused-ring (bicyclic) bond motifs is 16. The smallest absolute Gasteiger partial charge is 0.0555 e. The Morgan fingerprint density at radius 1 is 0.246 bits per heavy atom. The fraction of sp³-hybridized carbons (Fsp3) is 0. The molecule has 302 valence electrons. The molecule has 0 aliphatic carbocycles. The van der Waals surface area contributed by atoms with Crippen molar-refractivity contribution >= 4 is 128 Å². The highest BCUT2D eigenvalue weighted by molar-refractivity contribution is 7.27. The highest BCUT2D eigenvalue weighted by Gasteiger charge is 2.21. The number of nitrogens with zero attached hydrogens (tertiary/aromatic N) is 3. The van der Waals surface area contributed by atoms with E-state index in [0.717, 1.165) is 0 Å². The molecule has 0 N–H and O–H groups in total. The van der Waals surface area contributed by atoms with Crippen molar-refractivity contribution in [2.45, 2.75) is 0 Å². The lowest BCUT2D eigenvalue weighted by atomic mass is 10.0. The van der Waals surface area contributed by atoms with E-state index in [4.69, 9.17) is 0 Å². The maximum atomic E-state index is 2.47. The molecule has 10 aromatic carbocycles. The van der Waals surface area contributed by atoms with E-state index in [-0.39, 0.29) is 0 Å². The van der Waals surface area contributed by atoms with Crippen LogP contribution in [0.4, 0.5) is 0 Å². The summed E-state index contributed by atoms with van der Waals surface area (Å²) in [7, 11) is 0. The van der Waals surface area contributed by atoms with Crippen molar-refractivity contribution in [1.29, 1.82) is 0 Å². The summed E-state index contributed by atoms with van der Waals surface area (Å²) in [6, 6.07) is 78.8. The van der Waals surface area contributed by atoms with Crippen LogP contribution in [-0.2, 0) is 0 Å². The van der Waals surface area contributed by atoms with Gasteiger partial charge >= 0.3 is 0 Å². The molecule has 0 radical (unpaired) electrons. The van der Waals surface area contributed by atoms with Gasteiger partial charge in [-0.25, -0.2) is 0 Å². The van der Waals surface area contributed by atoms with Crippen LogP contribution < -0.4 is 0 Å². The van der Waals surface area contributed by atoms with E-state index in [2.05, 4.69) is 226 Å². The first-order valence-electron chi connectivity index (χ1n) is 22.2. The standard InChI is InChI=1S/C60H35N3S2/c1-2-12-38(13-3-1)61-50-18-8-4-14-41(50)46-32-36(22-27-53(46)61)37-23-28-54-47(33-37)42-15-5-9-19-51(42)62(54)39-25-31-58-49(35-39)44-26-29-55-59(60(44)65-58)45-17-6-10-20-52(45)63(55)40-24-30-57-48(34-40)43-16-7-11-21-56(43)64-57/h1-35H. The lowest BCUT2D eigenvalue weighted by Crippen LogP contribution is -1.93. The second-order valence-electron chi connectivity index (χ2n) is 17.3. The number of para-hydroxylation sites is 4. The molecule has 5 aromatic heterocycles. The fourth-order valence-corrected chi connectivity index (χ4v) is 13.3. The zero-order chi connectivity index (χ0) is 42.3. The van der Waals surface area contributed by atoms with Crippen molar-refractivity contribution in [3.63, 3.8) is 0 Å². The van der Waals surface area contributed by atoms with E-state index in [1.54, 1.807) is 0 Å². The van der Waals surface area contributed by atoms with Gasteiger partial charge in [-0.05, 0) is 114 Å². The van der Waals surface area contributed by atoms with Gasteiger partial charge in [0.1, 0.15) is 0 Å². The zero-order valence-electron chi connectivity index (χ0n) is 34.9. The van der Waals surface area contributed by atoms with Crippen LogP contribution in [0.25, 0.3) is 134 Å². The molecule has 0 aliphatic rings. The van der Waals surface area contributed by atoms with Gasteiger partial charge in [-0.1, -0.05) is 109 Å². The second-order valence-corrected chi connectivity index (χ2v) is 19.4. The monoisotopic (exact) mass is 861 g/mol. The van der Waals surface area contributed by atoms with Gasteiger partial charge in [0.05, 0.1) is 33.1 Å². The van der Waals surface area contributed by atoms with Crippen LogP contribution in [0.2, 0.25) is 0 Å². The average Bonchev–Trinajstić information content (AvgIpc) is 4.17. The molecule has 5 heteroatoms. The molecular weight excluding hydrogens is 827 g/mol. The van der Waals surface area contributed by atoms with E-state index < -0.39 is 0 Å². The Labute approximate surface area is 380 Å². The van der Waals surface area contributed by atoms with Crippen LogP contribution in [0, 0.1) is 0 Å². The molecular formula is C60H35N3S2. The Bertz CT molecular complexity index is 4480. The van der Waals surface area contributed by atoms with Gasteiger partial charge < -0.3 is 13.7 Å². The minimum absolute atomic E-state index is 1.17. The van der Waals surface area contributed by atoms with Crippen LogP contribution in [0.5, 0.6) is 0 Å². The van der Waals surface area contributed by atoms with Gasteiger partial charge in [0.2, 0.25) is 0 Å². The van der Waals surface area contributed by atoms with Gasteiger partial charge in [-0.15, -0.1) is 22.7 Å².